The highest BCUT2D eigenvalue weighted by Crippen LogP contribution is 2.14. The maximum Gasteiger partial charge on any atom is 0.304 e. The summed E-state index contributed by atoms with van der Waals surface area (Å²) in [6.45, 7) is 2.89. The molecule has 0 aromatic carbocycles. The van der Waals surface area contributed by atoms with Crippen molar-refractivity contribution in [2.24, 2.45) is 0 Å². The summed E-state index contributed by atoms with van der Waals surface area (Å²) in [7, 11) is 0. The third-order valence-electron chi connectivity index (χ3n) is 2.27. The number of hydrogen-bond donors (Lipinski definition) is 3. The average molecular weight is 251 g/mol. The lowest BCUT2D eigenvalue weighted by atomic mass is 10.3. The largest absolute Gasteiger partial charge is 0.506 e. The van der Waals surface area contributed by atoms with Crippen LogP contribution in [0.1, 0.15) is 17.1 Å². The van der Waals surface area contributed by atoms with Gasteiger partial charge < -0.3 is 15.4 Å². The quantitative estimate of drug-likeness (QED) is 0.761. The summed E-state index contributed by atoms with van der Waals surface area (Å²) in [5, 5.41) is 14.5. The van der Waals surface area contributed by atoms with Crippen LogP contribution in [0.3, 0.4) is 0 Å². The van der Waals surface area contributed by atoms with Crippen LogP contribution < -0.4 is 10.2 Å². The summed E-state index contributed by atoms with van der Waals surface area (Å²) in [6, 6.07) is 3.39. The second kappa shape index (κ2) is 5.11. The van der Waals surface area contributed by atoms with E-state index in [0.29, 0.717) is 18.8 Å². The lowest BCUT2D eigenvalue weighted by Crippen LogP contribution is -2.15. The monoisotopic (exact) mass is 251 g/mol. The highest BCUT2D eigenvalue weighted by molar-refractivity contribution is 7.07. The van der Waals surface area contributed by atoms with Gasteiger partial charge in [0.25, 0.3) is 0 Å². The molecule has 90 valence electrons. The Morgan fingerprint density at radius 3 is 3.00 bits per heavy atom. The molecule has 0 radical (unpaired) electrons. The molecule has 2 rings (SSSR count). The minimum atomic E-state index is -0.0571. The lowest BCUT2D eigenvalue weighted by Gasteiger charge is -2.05. The molecule has 2 aromatic rings. The molecule has 0 fully saturated rings. The summed E-state index contributed by atoms with van der Waals surface area (Å²) >= 11 is 1.14. The number of aryl methyl sites for hydroxylation is 1. The fourth-order valence-corrected chi connectivity index (χ4v) is 2.03. The zero-order valence-corrected chi connectivity index (χ0v) is 10.2. The van der Waals surface area contributed by atoms with Gasteiger partial charge in [-0.25, -0.2) is 0 Å². The molecule has 0 unspecified atom stereocenters. The summed E-state index contributed by atoms with van der Waals surface area (Å²) in [6.07, 6.45) is 0. The Morgan fingerprint density at radius 1 is 1.47 bits per heavy atom. The van der Waals surface area contributed by atoms with Crippen LogP contribution in [0.25, 0.3) is 0 Å². The molecule has 0 aliphatic rings. The van der Waals surface area contributed by atoms with E-state index in [0.717, 1.165) is 22.7 Å². The predicted octanol–water partition coefficient (Wildman–Crippen LogP) is 1.14. The number of thiazole rings is 1. The van der Waals surface area contributed by atoms with Crippen LogP contribution in [0.15, 0.2) is 22.3 Å². The third kappa shape index (κ3) is 3.15. The first-order valence-corrected chi connectivity index (χ1v) is 6.06. The molecule has 2 heterocycles. The molecule has 0 spiro atoms. The van der Waals surface area contributed by atoms with E-state index in [1.807, 2.05) is 6.92 Å². The predicted molar refractivity (Wildman–Crippen MR) is 66.1 cm³/mol. The number of aromatic hydroxyl groups is 1. The summed E-state index contributed by atoms with van der Waals surface area (Å²) in [5.41, 5.74) is 2.32. The van der Waals surface area contributed by atoms with Crippen molar-refractivity contribution in [2.75, 3.05) is 0 Å². The van der Waals surface area contributed by atoms with E-state index in [2.05, 4.69) is 15.3 Å². The first kappa shape index (κ1) is 11.8. The van der Waals surface area contributed by atoms with Crippen LogP contribution in [0.4, 0.5) is 0 Å². The highest BCUT2D eigenvalue weighted by atomic mass is 32.1. The molecule has 0 saturated heterocycles. The zero-order valence-electron chi connectivity index (χ0n) is 9.36. The van der Waals surface area contributed by atoms with E-state index in [9.17, 15) is 9.90 Å². The fraction of sp³-hybridized carbons (Fsp3) is 0.273. The summed E-state index contributed by atoms with van der Waals surface area (Å²) in [4.78, 5) is 17.8. The van der Waals surface area contributed by atoms with Crippen molar-refractivity contribution < 1.29 is 5.11 Å². The normalized spacial score (nSPS) is 10.6. The Balaban J connectivity index is 1.94. The second-order valence-electron chi connectivity index (χ2n) is 3.70. The zero-order chi connectivity index (χ0) is 12.3. The number of rotatable bonds is 4. The van der Waals surface area contributed by atoms with Crippen molar-refractivity contribution in [3.8, 4) is 5.75 Å². The second-order valence-corrected chi connectivity index (χ2v) is 4.54. The van der Waals surface area contributed by atoms with Crippen molar-refractivity contribution in [1.82, 2.24) is 15.3 Å². The van der Waals surface area contributed by atoms with Gasteiger partial charge in [0.05, 0.1) is 5.69 Å². The molecule has 0 aliphatic carbocycles. The highest BCUT2D eigenvalue weighted by Gasteiger charge is 2.03. The van der Waals surface area contributed by atoms with E-state index < -0.39 is 0 Å². The molecule has 2 aromatic heterocycles. The lowest BCUT2D eigenvalue weighted by molar-refractivity contribution is 0.458. The average Bonchev–Trinajstić information content (AvgIpc) is 2.69. The number of aromatic nitrogens is 2. The topological polar surface area (TPSA) is 78.0 Å². The Morgan fingerprint density at radius 2 is 2.29 bits per heavy atom. The Hall–Kier alpha value is -1.66. The molecule has 0 atom stereocenters. The number of nitrogens with zero attached hydrogens (tertiary/aromatic N) is 1. The molecule has 3 N–H and O–H groups in total. The van der Waals surface area contributed by atoms with E-state index in [-0.39, 0.29) is 10.6 Å². The maximum atomic E-state index is 10.9. The molecule has 6 heteroatoms. The molecule has 17 heavy (non-hydrogen) atoms. The van der Waals surface area contributed by atoms with Crippen molar-refractivity contribution >= 4 is 11.3 Å². The smallest absolute Gasteiger partial charge is 0.304 e. The molecule has 0 aliphatic heterocycles. The Bertz CT molecular complexity index is 562. The number of nitrogens with one attached hydrogen (secondary N) is 2. The van der Waals surface area contributed by atoms with Gasteiger partial charge in [-0.15, -0.1) is 0 Å². The Kier molecular flexibility index (Phi) is 3.55. The summed E-state index contributed by atoms with van der Waals surface area (Å²) in [5.74, 6) is 0.182. The molecule has 0 amide bonds. The molecule has 0 saturated carbocycles. The number of hydrogen-bond acceptors (Lipinski definition) is 5. The van der Waals surface area contributed by atoms with Crippen molar-refractivity contribution in [3.05, 3.63) is 44.3 Å². The van der Waals surface area contributed by atoms with Gasteiger partial charge >= 0.3 is 4.87 Å². The molecular formula is C11H13N3O2S. The van der Waals surface area contributed by atoms with E-state index in [1.54, 1.807) is 17.5 Å². The van der Waals surface area contributed by atoms with Crippen LogP contribution >= 0.6 is 11.3 Å². The van der Waals surface area contributed by atoms with Crippen LogP contribution in [0.2, 0.25) is 0 Å². The van der Waals surface area contributed by atoms with Crippen LogP contribution in [0.5, 0.6) is 5.75 Å². The first-order valence-electron chi connectivity index (χ1n) is 5.18. The minimum Gasteiger partial charge on any atom is -0.506 e. The molecular weight excluding hydrogens is 238 g/mol. The summed E-state index contributed by atoms with van der Waals surface area (Å²) < 4.78 is 0. The van der Waals surface area contributed by atoms with Crippen molar-refractivity contribution in [1.29, 1.82) is 0 Å². The van der Waals surface area contributed by atoms with Gasteiger partial charge in [0.1, 0.15) is 5.75 Å². The molecule has 5 nitrogen and oxygen atoms in total. The van der Waals surface area contributed by atoms with Crippen molar-refractivity contribution in [3.63, 3.8) is 0 Å². The van der Waals surface area contributed by atoms with E-state index in [1.165, 1.54) is 0 Å². The fourth-order valence-electron chi connectivity index (χ4n) is 1.45. The van der Waals surface area contributed by atoms with Gasteiger partial charge in [-0.3, -0.25) is 9.78 Å². The number of pyridine rings is 1. The SMILES string of the molecule is Cc1ccc(O)c(CNCc2csc(=O)[nH]2)n1. The molecule has 0 bridgehead atoms. The van der Waals surface area contributed by atoms with Gasteiger partial charge in [0.2, 0.25) is 0 Å². The van der Waals surface area contributed by atoms with Gasteiger partial charge in [-0.2, -0.15) is 0 Å². The van der Waals surface area contributed by atoms with Crippen LogP contribution in [-0.2, 0) is 13.1 Å². The van der Waals surface area contributed by atoms with E-state index >= 15 is 0 Å². The number of aromatic amines is 1. The van der Waals surface area contributed by atoms with Gasteiger partial charge in [-0.1, -0.05) is 11.3 Å². The van der Waals surface area contributed by atoms with Gasteiger partial charge in [0, 0.05) is 29.9 Å². The van der Waals surface area contributed by atoms with Crippen molar-refractivity contribution in [2.45, 2.75) is 20.0 Å². The Labute approximate surface area is 102 Å². The number of H-pyrrole nitrogens is 1. The van der Waals surface area contributed by atoms with Crippen LogP contribution in [0, 0.1) is 6.92 Å². The van der Waals surface area contributed by atoms with E-state index in [4.69, 9.17) is 0 Å². The first-order chi connectivity index (χ1) is 8.15. The standard InChI is InChI=1S/C11H13N3O2S/c1-7-2-3-10(15)9(13-7)5-12-4-8-6-17-11(16)14-8/h2-3,6,12,15H,4-5H2,1H3,(H,14,16). The minimum absolute atomic E-state index is 0.0571. The third-order valence-corrected chi connectivity index (χ3v) is 2.99. The van der Waals surface area contributed by atoms with Gasteiger partial charge in [-0.05, 0) is 19.1 Å². The maximum absolute atomic E-state index is 10.9. The van der Waals surface area contributed by atoms with Crippen LogP contribution in [-0.4, -0.2) is 15.1 Å². The van der Waals surface area contributed by atoms with Gasteiger partial charge in [0.15, 0.2) is 0 Å².